The second kappa shape index (κ2) is 6.96. The maximum absolute atomic E-state index is 10.3. The molecule has 140 valence electrons. The number of nitrogens with zero attached hydrogens (tertiary/aromatic N) is 3. The van der Waals surface area contributed by atoms with Gasteiger partial charge < -0.3 is 10.4 Å². The first kappa shape index (κ1) is 17.3. The highest BCUT2D eigenvalue weighted by Gasteiger charge is 2.38. The van der Waals surface area contributed by atoms with Gasteiger partial charge in [-0.2, -0.15) is 0 Å². The van der Waals surface area contributed by atoms with E-state index in [1.54, 1.807) is 17.5 Å². The van der Waals surface area contributed by atoms with E-state index in [1.165, 1.54) is 11.1 Å². The highest BCUT2D eigenvalue weighted by Crippen LogP contribution is 2.39. The fourth-order valence-electron chi connectivity index (χ4n) is 4.02. The number of rotatable bonds is 5. The molecule has 3 aromatic heterocycles. The maximum Gasteiger partial charge on any atom is 0.181 e. The first-order valence-corrected chi connectivity index (χ1v) is 10.3. The van der Waals surface area contributed by atoms with E-state index in [0.29, 0.717) is 12.4 Å². The number of thiophene rings is 1. The fraction of sp³-hybridized carbons (Fsp3) is 0.227. The Morgan fingerprint density at radius 3 is 2.82 bits per heavy atom. The van der Waals surface area contributed by atoms with Crippen molar-refractivity contribution >= 4 is 27.4 Å². The maximum atomic E-state index is 10.3. The molecule has 1 aromatic carbocycles. The molecule has 1 unspecified atom stereocenters. The van der Waals surface area contributed by atoms with Crippen LogP contribution in [0.25, 0.3) is 21.7 Å². The summed E-state index contributed by atoms with van der Waals surface area (Å²) in [5.74, 6) is 1.41. The van der Waals surface area contributed by atoms with Crippen molar-refractivity contribution in [1.29, 1.82) is 0 Å². The molecule has 4 aromatic rings. The number of aliphatic hydroxyl groups excluding tert-OH is 1. The summed E-state index contributed by atoms with van der Waals surface area (Å²) in [6.45, 7) is 0.742. The second-order valence-corrected chi connectivity index (χ2v) is 8.09. The number of fused-ring (bicyclic) bond motifs is 2. The molecule has 0 saturated carbocycles. The van der Waals surface area contributed by atoms with Crippen LogP contribution in [0.1, 0.15) is 17.5 Å². The summed E-state index contributed by atoms with van der Waals surface area (Å²) in [7, 11) is 0. The van der Waals surface area contributed by atoms with E-state index in [1.807, 2.05) is 29.6 Å². The van der Waals surface area contributed by atoms with Crippen molar-refractivity contribution in [3.63, 3.8) is 0 Å². The lowest BCUT2D eigenvalue weighted by atomic mass is 9.82. The summed E-state index contributed by atoms with van der Waals surface area (Å²) in [4.78, 5) is 14.8. The molecule has 28 heavy (non-hydrogen) atoms. The Morgan fingerprint density at radius 2 is 1.96 bits per heavy atom. The van der Waals surface area contributed by atoms with Crippen LogP contribution in [0.3, 0.4) is 0 Å². The Labute approximate surface area is 167 Å². The molecule has 0 amide bonds. The van der Waals surface area contributed by atoms with Crippen LogP contribution in [-0.2, 0) is 11.8 Å². The molecule has 1 aliphatic rings. The summed E-state index contributed by atoms with van der Waals surface area (Å²) < 4.78 is 0. The van der Waals surface area contributed by atoms with Crippen molar-refractivity contribution in [3.05, 3.63) is 71.2 Å². The Morgan fingerprint density at radius 1 is 1.07 bits per heavy atom. The lowest BCUT2D eigenvalue weighted by Gasteiger charge is -2.29. The fourth-order valence-corrected chi connectivity index (χ4v) is 4.78. The van der Waals surface area contributed by atoms with Crippen molar-refractivity contribution < 1.29 is 5.11 Å². The number of hydrogen-bond donors (Lipinski definition) is 2. The normalized spacial score (nSPS) is 18.3. The van der Waals surface area contributed by atoms with Crippen molar-refractivity contribution in [3.8, 4) is 11.5 Å². The lowest BCUT2D eigenvalue weighted by Crippen LogP contribution is -2.36. The lowest BCUT2D eigenvalue weighted by molar-refractivity contribution is 0.200. The van der Waals surface area contributed by atoms with E-state index in [0.717, 1.165) is 34.6 Å². The third-order valence-corrected chi connectivity index (χ3v) is 6.38. The topological polar surface area (TPSA) is 70.9 Å². The highest BCUT2D eigenvalue weighted by molar-refractivity contribution is 7.16. The van der Waals surface area contributed by atoms with Gasteiger partial charge in [-0.25, -0.2) is 9.97 Å². The molecule has 0 radical (unpaired) electrons. The van der Waals surface area contributed by atoms with E-state index in [-0.39, 0.29) is 12.0 Å². The Kier molecular flexibility index (Phi) is 4.30. The average molecular weight is 388 g/mol. The van der Waals surface area contributed by atoms with Crippen LogP contribution < -0.4 is 5.32 Å². The van der Waals surface area contributed by atoms with Gasteiger partial charge in [-0.15, -0.1) is 11.3 Å². The molecule has 0 saturated heterocycles. The standard InChI is InChI=1S/C22H20N4OS/c27-14-22(10-8-15-5-1-2-6-17(15)22)13-24-19-16-9-12-28-21(16)26-20(25-19)18-7-3-4-11-23-18/h1-7,9,11-12,27H,8,10,13-14H2,(H,24,25,26). The molecule has 6 heteroatoms. The van der Waals surface area contributed by atoms with Gasteiger partial charge in [0.05, 0.1) is 12.0 Å². The second-order valence-electron chi connectivity index (χ2n) is 7.20. The van der Waals surface area contributed by atoms with Crippen molar-refractivity contribution in [2.24, 2.45) is 0 Å². The minimum atomic E-state index is -0.283. The van der Waals surface area contributed by atoms with Crippen molar-refractivity contribution in [2.75, 3.05) is 18.5 Å². The van der Waals surface area contributed by atoms with E-state index in [9.17, 15) is 5.11 Å². The number of anilines is 1. The van der Waals surface area contributed by atoms with Gasteiger partial charge in [-0.1, -0.05) is 30.3 Å². The van der Waals surface area contributed by atoms with Gasteiger partial charge in [0.25, 0.3) is 0 Å². The summed E-state index contributed by atoms with van der Waals surface area (Å²) >= 11 is 1.59. The molecule has 0 bridgehead atoms. The van der Waals surface area contributed by atoms with Gasteiger partial charge in [0.1, 0.15) is 16.3 Å². The number of aliphatic hydroxyl groups is 1. The van der Waals surface area contributed by atoms with Crippen LogP contribution in [0.5, 0.6) is 0 Å². The molecular formula is C22H20N4OS. The Bertz CT molecular complexity index is 1130. The van der Waals surface area contributed by atoms with Crippen LogP contribution >= 0.6 is 11.3 Å². The minimum absolute atomic E-state index is 0.113. The molecule has 2 N–H and O–H groups in total. The third-order valence-electron chi connectivity index (χ3n) is 5.58. The van der Waals surface area contributed by atoms with Crippen LogP contribution in [0, 0.1) is 0 Å². The summed E-state index contributed by atoms with van der Waals surface area (Å²) in [5.41, 5.74) is 3.04. The number of aryl methyl sites for hydroxylation is 1. The molecule has 5 rings (SSSR count). The van der Waals surface area contributed by atoms with Crippen LogP contribution in [0.2, 0.25) is 0 Å². The van der Waals surface area contributed by atoms with E-state index in [4.69, 9.17) is 4.98 Å². The van der Waals surface area contributed by atoms with Crippen LogP contribution in [0.4, 0.5) is 5.82 Å². The van der Waals surface area contributed by atoms with Crippen LogP contribution in [0.15, 0.2) is 60.1 Å². The van der Waals surface area contributed by atoms with Crippen molar-refractivity contribution in [1.82, 2.24) is 15.0 Å². The zero-order valence-electron chi connectivity index (χ0n) is 15.3. The Hall–Kier alpha value is -2.83. The smallest absolute Gasteiger partial charge is 0.181 e. The monoisotopic (exact) mass is 388 g/mol. The van der Waals surface area contributed by atoms with Gasteiger partial charge in [-0.3, -0.25) is 4.98 Å². The number of hydrogen-bond acceptors (Lipinski definition) is 6. The quantitative estimate of drug-likeness (QED) is 0.540. The van der Waals surface area contributed by atoms with E-state index in [2.05, 4.69) is 39.6 Å². The predicted molar refractivity (Wildman–Crippen MR) is 113 cm³/mol. The number of aromatic nitrogens is 3. The zero-order chi connectivity index (χ0) is 19.0. The molecule has 5 nitrogen and oxygen atoms in total. The van der Waals surface area contributed by atoms with Gasteiger partial charge >= 0.3 is 0 Å². The first-order valence-electron chi connectivity index (χ1n) is 9.39. The van der Waals surface area contributed by atoms with Gasteiger partial charge in [-0.05, 0) is 47.5 Å². The molecular weight excluding hydrogens is 368 g/mol. The van der Waals surface area contributed by atoms with Crippen LogP contribution in [-0.4, -0.2) is 33.2 Å². The van der Waals surface area contributed by atoms with Gasteiger partial charge in [0.2, 0.25) is 0 Å². The van der Waals surface area contributed by atoms with Crippen molar-refractivity contribution in [2.45, 2.75) is 18.3 Å². The van der Waals surface area contributed by atoms with Gasteiger partial charge in [0.15, 0.2) is 5.82 Å². The number of nitrogens with one attached hydrogen (secondary N) is 1. The number of pyridine rings is 1. The summed E-state index contributed by atoms with van der Waals surface area (Å²) in [6, 6.07) is 16.2. The van der Waals surface area contributed by atoms with E-state index >= 15 is 0 Å². The first-order chi connectivity index (χ1) is 13.8. The Balaban J connectivity index is 1.51. The molecule has 0 aliphatic heterocycles. The minimum Gasteiger partial charge on any atom is -0.395 e. The molecule has 1 aliphatic carbocycles. The predicted octanol–water partition coefficient (Wildman–Crippen LogP) is 4.04. The molecule has 1 atom stereocenters. The molecule has 0 spiro atoms. The molecule has 0 fully saturated rings. The average Bonchev–Trinajstić information content (AvgIpc) is 3.38. The summed E-state index contributed by atoms with van der Waals surface area (Å²) in [6.07, 6.45) is 3.68. The van der Waals surface area contributed by atoms with Gasteiger partial charge in [0, 0.05) is 18.2 Å². The van der Waals surface area contributed by atoms with E-state index < -0.39 is 0 Å². The SMILES string of the molecule is OCC1(CNc2nc(-c3ccccn3)nc3sccc23)CCc2ccccc21. The largest absolute Gasteiger partial charge is 0.395 e. The molecule has 3 heterocycles. The summed E-state index contributed by atoms with van der Waals surface area (Å²) in [5, 5.41) is 16.8. The zero-order valence-corrected chi connectivity index (χ0v) is 16.1. The number of benzene rings is 1. The highest BCUT2D eigenvalue weighted by atomic mass is 32.1. The third kappa shape index (κ3) is 2.85.